The molecule has 1 atom stereocenters. The monoisotopic (exact) mass is 371 g/mol. The molecule has 2 aliphatic heterocycles. The maximum absolute atomic E-state index is 12.9. The van der Waals surface area contributed by atoms with Gasteiger partial charge in [0.1, 0.15) is 6.23 Å². The highest BCUT2D eigenvalue weighted by Gasteiger charge is 2.48. The first-order valence-corrected chi connectivity index (χ1v) is 8.78. The molecule has 26 heavy (non-hydrogen) atoms. The van der Waals surface area contributed by atoms with E-state index >= 15 is 0 Å². The lowest BCUT2D eigenvalue weighted by Crippen LogP contribution is -2.49. The molecule has 1 saturated heterocycles. The number of ether oxygens (including phenoxy) is 1. The van der Waals surface area contributed by atoms with Crippen LogP contribution in [-0.2, 0) is 14.9 Å². The third kappa shape index (κ3) is 2.57. The summed E-state index contributed by atoms with van der Waals surface area (Å²) in [6.45, 7) is 4.46. The molecule has 1 fully saturated rings. The lowest BCUT2D eigenvalue weighted by Gasteiger charge is -2.35. The number of nitrogens with one attached hydrogen (secondary N) is 1. The summed E-state index contributed by atoms with van der Waals surface area (Å²) in [4.78, 5) is 30.9. The number of halogens is 1. The zero-order valence-corrected chi connectivity index (χ0v) is 15.2. The molecule has 4 rings (SSSR count). The standard InChI is InChI=1S/C19H18ClN3O3/c1-19(2)13-4-3-11(22-17(24)12-5-7-21-10-14(12)20)9-15(13)23(18(19)25)16-6-8-26-16/h3-5,7,9-10,16H,6,8H2,1-2H3,(H,22,24). The molecule has 2 aliphatic rings. The zero-order valence-electron chi connectivity index (χ0n) is 14.5. The van der Waals surface area contributed by atoms with E-state index in [1.807, 2.05) is 26.0 Å². The molecular weight excluding hydrogens is 354 g/mol. The van der Waals surface area contributed by atoms with Gasteiger partial charge in [0, 0.05) is 24.5 Å². The molecule has 0 radical (unpaired) electrons. The maximum atomic E-state index is 12.9. The fraction of sp³-hybridized carbons (Fsp3) is 0.316. The first kappa shape index (κ1) is 17.0. The zero-order chi connectivity index (χ0) is 18.5. The van der Waals surface area contributed by atoms with Gasteiger partial charge in [-0.25, -0.2) is 0 Å². The molecule has 0 saturated carbocycles. The first-order valence-electron chi connectivity index (χ1n) is 8.40. The lowest BCUT2D eigenvalue weighted by atomic mass is 9.86. The van der Waals surface area contributed by atoms with Crippen molar-refractivity contribution in [3.8, 4) is 0 Å². The van der Waals surface area contributed by atoms with E-state index in [-0.39, 0.29) is 23.1 Å². The van der Waals surface area contributed by atoms with Crippen LogP contribution in [-0.4, -0.2) is 29.6 Å². The van der Waals surface area contributed by atoms with Crippen LogP contribution in [0.15, 0.2) is 36.7 Å². The van der Waals surface area contributed by atoms with Crippen LogP contribution in [0.1, 0.15) is 36.2 Å². The van der Waals surface area contributed by atoms with Gasteiger partial charge in [-0.15, -0.1) is 0 Å². The summed E-state index contributed by atoms with van der Waals surface area (Å²) in [6, 6.07) is 7.06. The number of aromatic nitrogens is 1. The van der Waals surface area contributed by atoms with Gasteiger partial charge in [0.15, 0.2) is 0 Å². The van der Waals surface area contributed by atoms with Crippen LogP contribution < -0.4 is 10.2 Å². The average molecular weight is 372 g/mol. The van der Waals surface area contributed by atoms with Crippen LogP contribution in [0.25, 0.3) is 0 Å². The molecule has 6 nitrogen and oxygen atoms in total. The van der Waals surface area contributed by atoms with Crippen LogP contribution in [0, 0.1) is 0 Å². The summed E-state index contributed by atoms with van der Waals surface area (Å²) in [5, 5.41) is 3.12. The van der Waals surface area contributed by atoms with Crippen LogP contribution in [0.5, 0.6) is 0 Å². The Morgan fingerprint density at radius 2 is 2.15 bits per heavy atom. The van der Waals surface area contributed by atoms with Crippen LogP contribution in [0.4, 0.5) is 11.4 Å². The Balaban J connectivity index is 1.67. The van der Waals surface area contributed by atoms with Gasteiger partial charge in [0.05, 0.1) is 28.3 Å². The van der Waals surface area contributed by atoms with E-state index in [1.54, 1.807) is 17.0 Å². The fourth-order valence-electron chi connectivity index (χ4n) is 3.33. The van der Waals surface area contributed by atoms with Crippen LogP contribution >= 0.6 is 11.6 Å². The van der Waals surface area contributed by atoms with Crippen molar-refractivity contribution < 1.29 is 14.3 Å². The number of nitrogens with zero attached hydrogens (tertiary/aromatic N) is 2. The molecule has 0 bridgehead atoms. The number of pyridine rings is 1. The summed E-state index contributed by atoms with van der Waals surface area (Å²) >= 11 is 6.03. The normalized spacial score (nSPS) is 20.5. The van der Waals surface area contributed by atoms with Crippen molar-refractivity contribution in [3.63, 3.8) is 0 Å². The highest BCUT2D eigenvalue weighted by atomic mass is 35.5. The molecular formula is C19H18ClN3O3. The highest BCUT2D eigenvalue weighted by molar-refractivity contribution is 6.34. The topological polar surface area (TPSA) is 71.5 Å². The molecule has 134 valence electrons. The number of rotatable bonds is 3. The minimum absolute atomic E-state index is 0.0119. The largest absolute Gasteiger partial charge is 0.358 e. The molecule has 1 unspecified atom stereocenters. The Hall–Kier alpha value is -2.44. The number of hydrogen-bond acceptors (Lipinski definition) is 4. The second kappa shape index (κ2) is 6.07. The van der Waals surface area contributed by atoms with Crippen molar-refractivity contribution in [2.45, 2.75) is 31.9 Å². The molecule has 7 heteroatoms. The van der Waals surface area contributed by atoms with E-state index in [0.29, 0.717) is 17.9 Å². The van der Waals surface area contributed by atoms with Crippen molar-refractivity contribution >= 4 is 34.8 Å². The number of amides is 2. The van der Waals surface area contributed by atoms with Gasteiger partial charge in [-0.1, -0.05) is 17.7 Å². The van der Waals surface area contributed by atoms with E-state index in [0.717, 1.165) is 17.7 Å². The van der Waals surface area contributed by atoms with E-state index in [9.17, 15) is 9.59 Å². The van der Waals surface area contributed by atoms with Crippen molar-refractivity contribution in [1.29, 1.82) is 0 Å². The van der Waals surface area contributed by atoms with Gasteiger partial charge in [-0.05, 0) is 37.6 Å². The van der Waals surface area contributed by atoms with Crippen molar-refractivity contribution in [3.05, 3.63) is 52.8 Å². The molecule has 0 aliphatic carbocycles. The number of anilines is 2. The summed E-state index contributed by atoms with van der Waals surface area (Å²) < 4.78 is 5.53. The third-order valence-corrected chi connectivity index (χ3v) is 5.22. The van der Waals surface area contributed by atoms with Crippen molar-refractivity contribution in [1.82, 2.24) is 4.98 Å². The SMILES string of the molecule is CC1(C)C(=O)N(C2CCO2)c2cc(NC(=O)c3ccncc3Cl)ccc21. The summed E-state index contributed by atoms with van der Waals surface area (Å²) in [5.74, 6) is -0.315. The summed E-state index contributed by atoms with van der Waals surface area (Å²) in [7, 11) is 0. The van der Waals surface area contributed by atoms with E-state index in [4.69, 9.17) is 16.3 Å². The van der Waals surface area contributed by atoms with Crippen LogP contribution in [0.2, 0.25) is 5.02 Å². The predicted octanol–water partition coefficient (Wildman–Crippen LogP) is 3.36. The number of hydrogen-bond donors (Lipinski definition) is 1. The van der Waals surface area contributed by atoms with E-state index in [1.165, 1.54) is 12.4 Å². The molecule has 1 aromatic carbocycles. The Morgan fingerprint density at radius 1 is 1.38 bits per heavy atom. The van der Waals surface area contributed by atoms with Gasteiger partial charge in [0.25, 0.3) is 5.91 Å². The number of carbonyl (C=O) groups excluding carboxylic acids is 2. The van der Waals surface area contributed by atoms with Gasteiger partial charge in [-0.3, -0.25) is 19.5 Å². The smallest absolute Gasteiger partial charge is 0.257 e. The fourth-order valence-corrected chi connectivity index (χ4v) is 3.54. The minimum Gasteiger partial charge on any atom is -0.358 e. The van der Waals surface area contributed by atoms with Crippen molar-refractivity contribution in [2.75, 3.05) is 16.8 Å². The molecule has 1 aromatic heterocycles. The van der Waals surface area contributed by atoms with Crippen LogP contribution in [0.3, 0.4) is 0 Å². The average Bonchev–Trinajstić information content (AvgIpc) is 2.75. The van der Waals surface area contributed by atoms with Gasteiger partial charge in [0.2, 0.25) is 5.91 Å². The van der Waals surface area contributed by atoms with E-state index < -0.39 is 5.41 Å². The van der Waals surface area contributed by atoms with Gasteiger partial charge >= 0.3 is 0 Å². The van der Waals surface area contributed by atoms with Gasteiger partial charge < -0.3 is 10.1 Å². The quantitative estimate of drug-likeness (QED) is 0.898. The molecule has 1 N–H and O–H groups in total. The number of fused-ring (bicyclic) bond motifs is 1. The minimum atomic E-state index is -0.620. The Bertz CT molecular complexity index is 909. The second-order valence-electron chi connectivity index (χ2n) is 6.96. The Morgan fingerprint density at radius 3 is 2.81 bits per heavy atom. The Kier molecular flexibility index (Phi) is 3.97. The van der Waals surface area contributed by atoms with Crippen molar-refractivity contribution in [2.24, 2.45) is 0 Å². The number of benzene rings is 1. The third-order valence-electron chi connectivity index (χ3n) is 4.92. The molecule has 2 aromatic rings. The molecule has 0 spiro atoms. The first-order chi connectivity index (χ1) is 12.4. The lowest BCUT2D eigenvalue weighted by molar-refractivity contribution is -0.129. The predicted molar refractivity (Wildman–Crippen MR) is 98.5 cm³/mol. The van der Waals surface area contributed by atoms with Gasteiger partial charge in [-0.2, -0.15) is 0 Å². The highest BCUT2D eigenvalue weighted by Crippen LogP contribution is 2.45. The van der Waals surface area contributed by atoms with E-state index in [2.05, 4.69) is 10.3 Å². The number of carbonyl (C=O) groups is 2. The maximum Gasteiger partial charge on any atom is 0.257 e. The summed E-state index contributed by atoms with van der Waals surface area (Å²) in [6.07, 6.45) is 3.52. The molecule has 3 heterocycles. The second-order valence-corrected chi connectivity index (χ2v) is 7.36. The molecule has 2 amide bonds. The summed E-state index contributed by atoms with van der Waals surface area (Å²) in [5.41, 5.74) is 2.03. The Labute approximate surface area is 156 Å².